The Morgan fingerprint density at radius 3 is 2.64 bits per heavy atom. The van der Waals surface area contributed by atoms with Crippen molar-refractivity contribution >= 4 is 10.8 Å². The minimum atomic E-state index is -0.537. The molecule has 0 aliphatic rings. The Morgan fingerprint density at radius 1 is 1.14 bits per heavy atom. The highest BCUT2D eigenvalue weighted by Crippen LogP contribution is 2.20. The van der Waals surface area contributed by atoms with Gasteiger partial charge in [0.05, 0.1) is 11.8 Å². The predicted octanol–water partition coefficient (Wildman–Crippen LogP) is 3.27. The van der Waals surface area contributed by atoms with Crippen molar-refractivity contribution < 1.29 is 9.63 Å². The van der Waals surface area contributed by atoms with E-state index in [2.05, 4.69) is 22.6 Å². The molecule has 3 aromatic rings. The van der Waals surface area contributed by atoms with Crippen LogP contribution >= 0.6 is 0 Å². The molecule has 0 saturated heterocycles. The van der Waals surface area contributed by atoms with Gasteiger partial charge < -0.3 is 14.9 Å². The van der Waals surface area contributed by atoms with Gasteiger partial charge in [-0.05, 0) is 36.2 Å². The fraction of sp³-hybridized carbons (Fsp3) is 0.278. The quantitative estimate of drug-likeness (QED) is 0.758. The summed E-state index contributed by atoms with van der Waals surface area (Å²) in [6.07, 6.45) is -0.537. The second-order valence-electron chi connectivity index (χ2n) is 5.56. The maximum Gasteiger partial charge on any atom is 0.138 e. The van der Waals surface area contributed by atoms with Crippen LogP contribution in [0.4, 0.5) is 0 Å². The van der Waals surface area contributed by atoms with Gasteiger partial charge in [-0.3, -0.25) is 0 Å². The first-order valence-corrected chi connectivity index (χ1v) is 7.44. The zero-order valence-electron chi connectivity index (χ0n) is 12.8. The summed E-state index contributed by atoms with van der Waals surface area (Å²) in [7, 11) is 0. The van der Waals surface area contributed by atoms with Gasteiger partial charge in [-0.2, -0.15) is 0 Å². The molecule has 1 heterocycles. The Morgan fingerprint density at radius 2 is 1.91 bits per heavy atom. The van der Waals surface area contributed by atoms with Gasteiger partial charge in [0.25, 0.3) is 0 Å². The van der Waals surface area contributed by atoms with Crippen molar-refractivity contribution in [2.45, 2.75) is 26.5 Å². The lowest BCUT2D eigenvalue weighted by molar-refractivity contribution is 0.174. The second kappa shape index (κ2) is 6.30. The lowest BCUT2D eigenvalue weighted by Crippen LogP contribution is -2.21. The van der Waals surface area contributed by atoms with Gasteiger partial charge in [0, 0.05) is 18.7 Å². The Hall–Kier alpha value is -2.17. The zero-order chi connectivity index (χ0) is 15.5. The maximum atomic E-state index is 10.3. The number of hydrogen-bond acceptors (Lipinski definition) is 4. The van der Waals surface area contributed by atoms with Crippen LogP contribution < -0.4 is 5.32 Å². The smallest absolute Gasteiger partial charge is 0.138 e. The van der Waals surface area contributed by atoms with Gasteiger partial charge in [-0.25, -0.2) is 0 Å². The number of aliphatic hydroxyl groups is 1. The first-order valence-electron chi connectivity index (χ1n) is 7.44. The Bertz CT molecular complexity index is 760. The lowest BCUT2D eigenvalue weighted by atomic mass is 10.0. The first-order chi connectivity index (χ1) is 10.6. The summed E-state index contributed by atoms with van der Waals surface area (Å²) in [5.74, 6) is 0.824. The molecule has 0 amide bonds. The minimum absolute atomic E-state index is 0.488. The molecule has 0 bridgehead atoms. The van der Waals surface area contributed by atoms with E-state index in [9.17, 15) is 5.11 Å². The molecule has 1 unspecified atom stereocenters. The van der Waals surface area contributed by atoms with Gasteiger partial charge >= 0.3 is 0 Å². The largest absolute Gasteiger partial charge is 0.387 e. The summed E-state index contributed by atoms with van der Waals surface area (Å²) in [5.41, 5.74) is 2.88. The molecule has 0 radical (unpaired) electrons. The van der Waals surface area contributed by atoms with Gasteiger partial charge in [0.15, 0.2) is 0 Å². The normalized spacial score (nSPS) is 12.7. The van der Waals surface area contributed by atoms with E-state index in [-0.39, 0.29) is 0 Å². The third kappa shape index (κ3) is 3.03. The molecule has 0 aliphatic carbocycles. The van der Waals surface area contributed by atoms with E-state index in [0.717, 1.165) is 28.0 Å². The van der Waals surface area contributed by atoms with Crippen molar-refractivity contribution in [1.82, 2.24) is 10.5 Å². The molecule has 0 aliphatic heterocycles. The SMILES string of the molecule is Cc1noc(C)c1CNCC(O)c1ccc2ccccc2c1. The number of hydrogen-bond donors (Lipinski definition) is 2. The molecule has 1 aromatic heterocycles. The van der Waals surface area contributed by atoms with Crippen molar-refractivity contribution in [3.63, 3.8) is 0 Å². The van der Waals surface area contributed by atoms with E-state index in [1.807, 2.05) is 44.2 Å². The Labute approximate surface area is 129 Å². The highest BCUT2D eigenvalue weighted by molar-refractivity contribution is 5.83. The van der Waals surface area contributed by atoms with Crippen LogP contribution in [-0.4, -0.2) is 16.8 Å². The minimum Gasteiger partial charge on any atom is -0.387 e. The third-order valence-corrected chi connectivity index (χ3v) is 3.98. The molecule has 22 heavy (non-hydrogen) atoms. The topological polar surface area (TPSA) is 58.3 Å². The van der Waals surface area contributed by atoms with Crippen molar-refractivity contribution in [2.75, 3.05) is 6.54 Å². The molecule has 0 saturated carbocycles. The van der Waals surface area contributed by atoms with Crippen LogP contribution in [0.25, 0.3) is 10.8 Å². The van der Waals surface area contributed by atoms with Gasteiger partial charge in [0.1, 0.15) is 5.76 Å². The summed E-state index contributed by atoms with van der Waals surface area (Å²) in [5, 5.41) is 19.9. The molecule has 4 heteroatoms. The Kier molecular flexibility index (Phi) is 4.22. The fourth-order valence-corrected chi connectivity index (χ4v) is 2.62. The van der Waals surface area contributed by atoms with Crippen LogP contribution in [-0.2, 0) is 6.54 Å². The number of rotatable bonds is 5. The molecule has 2 aromatic carbocycles. The molecule has 0 spiro atoms. The molecule has 4 nitrogen and oxygen atoms in total. The lowest BCUT2D eigenvalue weighted by Gasteiger charge is -2.13. The number of aryl methyl sites for hydroxylation is 2. The van der Waals surface area contributed by atoms with Crippen LogP contribution in [0.15, 0.2) is 47.0 Å². The molecule has 2 N–H and O–H groups in total. The van der Waals surface area contributed by atoms with E-state index >= 15 is 0 Å². The van der Waals surface area contributed by atoms with Crippen molar-refractivity contribution in [2.24, 2.45) is 0 Å². The van der Waals surface area contributed by atoms with E-state index in [1.54, 1.807) is 0 Å². The van der Waals surface area contributed by atoms with Gasteiger partial charge in [-0.1, -0.05) is 41.6 Å². The van der Waals surface area contributed by atoms with E-state index in [4.69, 9.17) is 4.52 Å². The summed E-state index contributed by atoms with van der Waals surface area (Å²) >= 11 is 0. The second-order valence-corrected chi connectivity index (χ2v) is 5.56. The number of benzene rings is 2. The van der Waals surface area contributed by atoms with Crippen LogP contribution in [0.2, 0.25) is 0 Å². The highest BCUT2D eigenvalue weighted by atomic mass is 16.5. The summed E-state index contributed by atoms with van der Waals surface area (Å²) in [6, 6.07) is 14.2. The number of aromatic nitrogens is 1. The monoisotopic (exact) mass is 296 g/mol. The van der Waals surface area contributed by atoms with Crippen molar-refractivity contribution in [3.05, 3.63) is 65.0 Å². The Balaban J connectivity index is 1.64. The maximum absolute atomic E-state index is 10.3. The van der Waals surface area contributed by atoms with Crippen molar-refractivity contribution in [3.8, 4) is 0 Å². The van der Waals surface area contributed by atoms with Crippen molar-refractivity contribution in [1.29, 1.82) is 0 Å². The predicted molar refractivity (Wildman–Crippen MR) is 86.6 cm³/mol. The third-order valence-electron chi connectivity index (χ3n) is 3.98. The zero-order valence-corrected chi connectivity index (χ0v) is 12.8. The number of nitrogens with zero attached hydrogens (tertiary/aromatic N) is 1. The fourth-order valence-electron chi connectivity index (χ4n) is 2.62. The van der Waals surface area contributed by atoms with Gasteiger partial charge in [0.2, 0.25) is 0 Å². The standard InChI is InChI=1S/C18H20N2O2/c1-12-17(13(2)22-20-12)10-19-11-18(21)16-8-7-14-5-3-4-6-15(14)9-16/h3-9,18-19,21H,10-11H2,1-2H3. The highest BCUT2D eigenvalue weighted by Gasteiger charge is 2.11. The van der Waals surface area contributed by atoms with Crippen LogP contribution in [0.5, 0.6) is 0 Å². The average molecular weight is 296 g/mol. The number of aliphatic hydroxyl groups excluding tert-OH is 1. The molecule has 1 atom stereocenters. The summed E-state index contributed by atoms with van der Waals surface area (Å²) in [4.78, 5) is 0. The molecular formula is C18H20N2O2. The van der Waals surface area contributed by atoms with E-state index in [0.29, 0.717) is 13.1 Å². The summed E-state index contributed by atoms with van der Waals surface area (Å²) in [6.45, 7) is 4.96. The van der Waals surface area contributed by atoms with E-state index < -0.39 is 6.10 Å². The molecule has 114 valence electrons. The average Bonchev–Trinajstić information content (AvgIpc) is 2.86. The molecular weight excluding hydrogens is 276 g/mol. The first kappa shape index (κ1) is 14.8. The molecule has 0 fully saturated rings. The van der Waals surface area contributed by atoms with Crippen LogP contribution in [0.1, 0.15) is 28.7 Å². The van der Waals surface area contributed by atoms with E-state index in [1.165, 1.54) is 5.39 Å². The number of fused-ring (bicyclic) bond motifs is 1. The number of nitrogens with one attached hydrogen (secondary N) is 1. The van der Waals surface area contributed by atoms with Crippen LogP contribution in [0, 0.1) is 13.8 Å². The van der Waals surface area contributed by atoms with Crippen LogP contribution in [0.3, 0.4) is 0 Å². The summed E-state index contributed by atoms with van der Waals surface area (Å²) < 4.78 is 5.13. The molecule has 3 rings (SSSR count). The van der Waals surface area contributed by atoms with Gasteiger partial charge in [-0.15, -0.1) is 0 Å².